The zero-order valence-corrected chi connectivity index (χ0v) is 32.4. The van der Waals surface area contributed by atoms with Crippen molar-refractivity contribution in [3.63, 3.8) is 0 Å². The number of anilines is 3. The lowest BCUT2D eigenvalue weighted by atomic mass is 9.60. The van der Waals surface area contributed by atoms with Crippen LogP contribution in [0.1, 0.15) is 36.0 Å². The first-order valence-corrected chi connectivity index (χ1v) is 20.7. The van der Waals surface area contributed by atoms with Crippen molar-refractivity contribution in [2.24, 2.45) is 5.92 Å². The van der Waals surface area contributed by atoms with Gasteiger partial charge in [0.1, 0.15) is 0 Å². The average Bonchev–Trinajstić information content (AvgIpc) is 3.60. The Morgan fingerprint density at radius 2 is 1.10 bits per heavy atom. The standard InChI is InChI=1S/C57H43N/c1-3-15-40(16-4-1)43-29-33-49(34-30-43)58(56-26-14-12-23-51(56)44-19-5-2-6-20-44)50-35-36-53-52-24-11-13-25-54(52)57(55(53)39-50,47-31-27-41-17-7-9-21-45(41)37-47)48-32-28-42-18-8-10-22-46(42)38-48/h1-7,9-17,19-37,39,48H,8,18,38H2. The van der Waals surface area contributed by atoms with Crippen LogP contribution < -0.4 is 4.90 Å². The SMILES string of the molecule is C1=CC2=C(C=CC(C3(c4ccc5ccccc5c4)c4ccccc4-c4ccc(N(c5ccc(-c6ccccc6)cc5)c5ccccc5-c5ccccc5)cc43)C2)CC1. The molecular formula is C57H43N. The summed E-state index contributed by atoms with van der Waals surface area (Å²) in [7, 11) is 0. The summed E-state index contributed by atoms with van der Waals surface area (Å²) in [5.41, 5.74) is 17.5. The van der Waals surface area contributed by atoms with Gasteiger partial charge in [-0.2, -0.15) is 0 Å². The molecule has 0 spiro atoms. The van der Waals surface area contributed by atoms with Crippen molar-refractivity contribution >= 4 is 27.8 Å². The first-order chi connectivity index (χ1) is 28.8. The van der Waals surface area contributed by atoms with Crippen LogP contribution in [0.15, 0.2) is 230 Å². The zero-order chi connectivity index (χ0) is 38.5. The Balaban J connectivity index is 1.16. The van der Waals surface area contributed by atoms with Crippen LogP contribution >= 0.6 is 0 Å². The molecule has 3 aliphatic carbocycles. The van der Waals surface area contributed by atoms with Gasteiger partial charge in [0.05, 0.1) is 11.1 Å². The molecule has 1 heteroatoms. The summed E-state index contributed by atoms with van der Waals surface area (Å²) in [6, 6.07) is 72.0. The van der Waals surface area contributed by atoms with E-state index < -0.39 is 5.41 Å². The van der Waals surface area contributed by atoms with Crippen LogP contribution in [0.5, 0.6) is 0 Å². The molecule has 0 amide bonds. The maximum atomic E-state index is 2.55. The molecule has 0 heterocycles. The van der Waals surface area contributed by atoms with Gasteiger partial charge >= 0.3 is 0 Å². The summed E-state index contributed by atoms with van der Waals surface area (Å²) in [6.45, 7) is 0. The molecule has 0 bridgehead atoms. The van der Waals surface area contributed by atoms with E-state index in [0.29, 0.717) is 0 Å². The van der Waals surface area contributed by atoms with Gasteiger partial charge in [0.2, 0.25) is 0 Å². The first-order valence-electron chi connectivity index (χ1n) is 20.7. The van der Waals surface area contributed by atoms with Gasteiger partial charge in [0, 0.05) is 16.9 Å². The van der Waals surface area contributed by atoms with Crippen molar-refractivity contribution in [1.29, 1.82) is 0 Å². The molecule has 1 nitrogen and oxygen atoms in total. The third-order valence-corrected chi connectivity index (χ3v) is 12.8. The summed E-state index contributed by atoms with van der Waals surface area (Å²) in [6.07, 6.45) is 13.0. The fraction of sp³-hybridized carbons (Fsp3) is 0.0877. The molecule has 0 N–H and O–H groups in total. The highest BCUT2D eigenvalue weighted by Crippen LogP contribution is 2.60. The van der Waals surface area contributed by atoms with E-state index in [4.69, 9.17) is 0 Å². The van der Waals surface area contributed by atoms with Crippen molar-refractivity contribution in [3.05, 3.63) is 246 Å². The number of hydrogen-bond acceptors (Lipinski definition) is 1. The van der Waals surface area contributed by atoms with E-state index in [9.17, 15) is 0 Å². The number of fused-ring (bicyclic) bond motifs is 4. The Hall–Kier alpha value is -6.96. The summed E-state index contributed by atoms with van der Waals surface area (Å²) < 4.78 is 0. The van der Waals surface area contributed by atoms with Crippen molar-refractivity contribution in [2.45, 2.75) is 24.7 Å². The van der Waals surface area contributed by atoms with Crippen LogP contribution in [0.25, 0.3) is 44.2 Å². The Bertz CT molecular complexity index is 2910. The Morgan fingerprint density at radius 1 is 0.448 bits per heavy atom. The summed E-state index contributed by atoms with van der Waals surface area (Å²) >= 11 is 0. The first kappa shape index (κ1) is 34.3. The van der Waals surface area contributed by atoms with Gasteiger partial charge in [0.25, 0.3) is 0 Å². The van der Waals surface area contributed by atoms with Crippen molar-refractivity contribution in [1.82, 2.24) is 0 Å². The lowest BCUT2D eigenvalue weighted by Crippen LogP contribution is -2.36. The molecule has 276 valence electrons. The van der Waals surface area contributed by atoms with E-state index in [1.54, 1.807) is 0 Å². The van der Waals surface area contributed by atoms with Crippen LogP contribution in [-0.4, -0.2) is 0 Å². The van der Waals surface area contributed by atoms with E-state index >= 15 is 0 Å². The van der Waals surface area contributed by atoms with E-state index in [-0.39, 0.29) is 5.92 Å². The van der Waals surface area contributed by atoms with Crippen LogP contribution in [0.2, 0.25) is 0 Å². The van der Waals surface area contributed by atoms with Crippen molar-refractivity contribution in [2.75, 3.05) is 4.90 Å². The highest BCUT2D eigenvalue weighted by molar-refractivity contribution is 5.93. The predicted octanol–water partition coefficient (Wildman–Crippen LogP) is 15.2. The molecular weight excluding hydrogens is 699 g/mol. The van der Waals surface area contributed by atoms with E-state index in [0.717, 1.165) is 36.3 Å². The third-order valence-electron chi connectivity index (χ3n) is 12.8. The number of para-hydroxylation sites is 1. The monoisotopic (exact) mass is 741 g/mol. The minimum Gasteiger partial charge on any atom is -0.310 e. The second kappa shape index (κ2) is 14.2. The minimum absolute atomic E-state index is 0.211. The molecule has 11 rings (SSSR count). The van der Waals surface area contributed by atoms with Gasteiger partial charge in [0.15, 0.2) is 0 Å². The smallest absolute Gasteiger partial charge is 0.0540 e. The molecule has 8 aromatic carbocycles. The molecule has 0 saturated carbocycles. The molecule has 3 aliphatic rings. The number of rotatable bonds is 7. The molecule has 2 unspecified atom stereocenters. The number of hydrogen-bond donors (Lipinski definition) is 0. The molecule has 0 aliphatic heterocycles. The predicted molar refractivity (Wildman–Crippen MR) is 244 cm³/mol. The molecule has 0 fully saturated rings. The lowest BCUT2D eigenvalue weighted by molar-refractivity contribution is 0.449. The fourth-order valence-corrected chi connectivity index (χ4v) is 10.1. The Labute approximate surface area is 341 Å². The number of allylic oxidation sites excluding steroid dienone is 6. The van der Waals surface area contributed by atoms with Crippen LogP contribution in [0.4, 0.5) is 17.1 Å². The van der Waals surface area contributed by atoms with Crippen molar-refractivity contribution < 1.29 is 0 Å². The maximum Gasteiger partial charge on any atom is 0.0540 e. The van der Waals surface area contributed by atoms with E-state index in [2.05, 4.69) is 223 Å². The van der Waals surface area contributed by atoms with Gasteiger partial charge in [-0.3, -0.25) is 0 Å². The normalized spacial score (nSPS) is 17.8. The second-order valence-corrected chi connectivity index (χ2v) is 15.9. The highest BCUT2D eigenvalue weighted by Gasteiger charge is 2.50. The number of benzene rings is 8. The molecule has 8 aromatic rings. The van der Waals surface area contributed by atoms with Crippen LogP contribution in [0.3, 0.4) is 0 Å². The fourth-order valence-electron chi connectivity index (χ4n) is 10.1. The van der Waals surface area contributed by atoms with Gasteiger partial charge < -0.3 is 4.90 Å². The molecule has 58 heavy (non-hydrogen) atoms. The average molecular weight is 742 g/mol. The molecule has 0 radical (unpaired) electrons. The molecule has 0 saturated heterocycles. The summed E-state index contributed by atoms with van der Waals surface area (Å²) in [4.78, 5) is 2.48. The minimum atomic E-state index is -0.423. The lowest BCUT2D eigenvalue weighted by Gasteiger charge is -2.42. The number of nitrogens with zero attached hydrogens (tertiary/aromatic N) is 1. The summed E-state index contributed by atoms with van der Waals surface area (Å²) in [5.74, 6) is 0.211. The zero-order valence-electron chi connectivity index (χ0n) is 32.4. The van der Waals surface area contributed by atoms with Gasteiger partial charge in [-0.1, -0.05) is 182 Å². The van der Waals surface area contributed by atoms with E-state index in [1.807, 2.05) is 0 Å². The van der Waals surface area contributed by atoms with Crippen LogP contribution in [0, 0.1) is 5.92 Å². The Morgan fingerprint density at radius 3 is 1.93 bits per heavy atom. The highest BCUT2D eigenvalue weighted by atomic mass is 15.1. The van der Waals surface area contributed by atoms with E-state index in [1.165, 1.54) is 72.0 Å². The van der Waals surface area contributed by atoms with Crippen molar-refractivity contribution in [3.8, 4) is 33.4 Å². The maximum absolute atomic E-state index is 2.55. The summed E-state index contributed by atoms with van der Waals surface area (Å²) in [5, 5.41) is 2.54. The van der Waals surface area contributed by atoms with Crippen LogP contribution in [-0.2, 0) is 5.41 Å². The second-order valence-electron chi connectivity index (χ2n) is 15.9. The molecule has 0 aromatic heterocycles. The Kier molecular flexibility index (Phi) is 8.40. The van der Waals surface area contributed by atoms with Gasteiger partial charge in [-0.05, 0) is 128 Å². The third kappa shape index (κ3) is 5.61. The largest absolute Gasteiger partial charge is 0.310 e. The van der Waals surface area contributed by atoms with Gasteiger partial charge in [-0.15, -0.1) is 0 Å². The quantitative estimate of drug-likeness (QED) is 0.157. The van der Waals surface area contributed by atoms with Gasteiger partial charge in [-0.25, -0.2) is 0 Å². The topological polar surface area (TPSA) is 3.24 Å². The molecule has 2 atom stereocenters.